The summed E-state index contributed by atoms with van der Waals surface area (Å²) >= 11 is 0. The van der Waals surface area contributed by atoms with E-state index in [1.807, 2.05) is 0 Å². The molecule has 1 aromatic rings. The van der Waals surface area contributed by atoms with Gasteiger partial charge in [0.2, 0.25) is 17.8 Å². The van der Waals surface area contributed by atoms with E-state index in [0.717, 1.165) is 0 Å². The zero-order chi connectivity index (χ0) is 17.3. The molecule has 0 aliphatic heterocycles. The van der Waals surface area contributed by atoms with Crippen molar-refractivity contribution < 1.29 is 82.3 Å². The quantitative estimate of drug-likeness (QED) is 0.160. The van der Waals surface area contributed by atoms with Crippen LogP contribution in [-0.2, 0) is 10.1 Å². The Morgan fingerprint density at radius 3 is 2.00 bits per heavy atom. The van der Waals surface area contributed by atoms with Crippen LogP contribution in [0.2, 0.25) is 0 Å². The fraction of sp³-hybridized carbons (Fsp3) is 0.636. The second-order valence-corrected chi connectivity index (χ2v) is 5.86. The maximum absolute atomic E-state index is 10.6. The molecule has 4 N–H and O–H groups in total. The summed E-state index contributed by atoms with van der Waals surface area (Å²) < 4.78 is 31.8. The maximum atomic E-state index is 10.6. The molecule has 0 saturated heterocycles. The molecule has 25 heavy (non-hydrogen) atoms. The van der Waals surface area contributed by atoms with Crippen molar-refractivity contribution in [3.05, 3.63) is 6.92 Å². The molecular weight excluding hydrogens is 374 g/mol. The minimum absolute atomic E-state index is 0. The van der Waals surface area contributed by atoms with Crippen molar-refractivity contribution in [2.75, 3.05) is 60.7 Å². The van der Waals surface area contributed by atoms with E-state index in [9.17, 15) is 13.0 Å². The Kier molecular flexibility index (Phi) is 15.7. The Bertz CT molecular complexity index is 588. The largest absolute Gasteiger partial charge is 1.00 e. The van der Waals surface area contributed by atoms with Gasteiger partial charge in [-0.05, 0) is 0 Å². The molecule has 0 bridgehead atoms. The molecular formula is C11H20N6Na2O5S. The van der Waals surface area contributed by atoms with Gasteiger partial charge in [-0.25, -0.2) is 8.42 Å². The molecule has 0 radical (unpaired) electrons. The molecule has 132 valence electrons. The standard InChI is InChI=1S/C11H21N6O5S.2Na/c1-2-12-9-14-10(13-3-8-23(20,21)22)16-11(15-9)17(4-6-18)5-7-19;;/h18-19H,1-8H2,(H,20,21,22)(H2,12,13,14,15,16);;/q-1;2*+1/p-1. The molecule has 0 aromatic carbocycles. The molecule has 1 aromatic heterocycles. The molecule has 0 saturated carbocycles. The van der Waals surface area contributed by atoms with Crippen LogP contribution in [0.1, 0.15) is 0 Å². The Hall–Kier alpha value is 0.240. The summed E-state index contributed by atoms with van der Waals surface area (Å²) in [6.45, 7) is 3.82. The Balaban J connectivity index is 0. The van der Waals surface area contributed by atoms with Crippen molar-refractivity contribution in [2.45, 2.75) is 0 Å². The Morgan fingerprint density at radius 2 is 1.56 bits per heavy atom. The Labute approximate surface area is 191 Å². The summed E-state index contributed by atoms with van der Waals surface area (Å²) in [5.74, 6) is -0.163. The van der Waals surface area contributed by atoms with Crippen LogP contribution >= 0.6 is 0 Å². The second kappa shape index (κ2) is 14.3. The van der Waals surface area contributed by atoms with E-state index in [1.165, 1.54) is 4.90 Å². The van der Waals surface area contributed by atoms with E-state index in [2.05, 4.69) is 32.5 Å². The summed E-state index contributed by atoms with van der Waals surface area (Å²) in [6, 6.07) is 0. The summed E-state index contributed by atoms with van der Waals surface area (Å²) in [6.07, 6.45) is 0. The number of aliphatic hydroxyl groups excluding tert-OH is 2. The molecule has 0 aliphatic carbocycles. The molecule has 0 amide bonds. The normalized spacial score (nSPS) is 10.4. The number of hydrogen-bond acceptors (Lipinski definition) is 11. The van der Waals surface area contributed by atoms with Gasteiger partial charge in [0.05, 0.1) is 29.1 Å². The minimum atomic E-state index is -4.34. The van der Waals surface area contributed by atoms with E-state index in [1.54, 1.807) is 0 Å². The summed E-state index contributed by atoms with van der Waals surface area (Å²) in [4.78, 5) is 13.8. The van der Waals surface area contributed by atoms with Gasteiger partial charge >= 0.3 is 59.1 Å². The van der Waals surface area contributed by atoms with Crippen molar-refractivity contribution in [3.8, 4) is 0 Å². The number of aromatic nitrogens is 3. The number of anilines is 3. The predicted octanol–water partition coefficient (Wildman–Crippen LogP) is -8.13. The van der Waals surface area contributed by atoms with Gasteiger partial charge in [0, 0.05) is 19.6 Å². The van der Waals surface area contributed by atoms with Crippen LogP contribution in [0.4, 0.5) is 17.8 Å². The molecule has 11 nitrogen and oxygen atoms in total. The first-order valence-corrected chi connectivity index (χ1v) is 8.40. The van der Waals surface area contributed by atoms with Crippen molar-refractivity contribution >= 4 is 28.0 Å². The van der Waals surface area contributed by atoms with Crippen molar-refractivity contribution in [1.29, 1.82) is 0 Å². The van der Waals surface area contributed by atoms with Gasteiger partial charge in [0.25, 0.3) is 0 Å². The number of nitrogens with zero attached hydrogens (tertiary/aromatic N) is 4. The fourth-order valence-corrected chi connectivity index (χ4v) is 1.97. The SMILES string of the molecule is [CH2-]CNc1nc(NCCS(=O)(=O)[O-])nc(N(CCO)CCO)n1.[Na+].[Na+]. The number of hydrogen-bond donors (Lipinski definition) is 4. The molecule has 0 unspecified atom stereocenters. The van der Waals surface area contributed by atoms with Gasteiger partial charge in [-0.1, -0.05) is 0 Å². The summed E-state index contributed by atoms with van der Waals surface area (Å²) in [7, 11) is -4.34. The van der Waals surface area contributed by atoms with E-state index in [-0.39, 0.29) is 110 Å². The summed E-state index contributed by atoms with van der Waals surface area (Å²) in [5.41, 5.74) is 0. The number of nitrogens with one attached hydrogen (secondary N) is 2. The van der Waals surface area contributed by atoms with Crippen molar-refractivity contribution in [1.82, 2.24) is 15.0 Å². The third kappa shape index (κ3) is 11.5. The fourth-order valence-electron chi connectivity index (χ4n) is 1.62. The third-order valence-electron chi connectivity index (χ3n) is 2.56. The first-order chi connectivity index (χ1) is 10.9. The van der Waals surface area contributed by atoms with Crippen LogP contribution in [0.3, 0.4) is 0 Å². The zero-order valence-electron chi connectivity index (χ0n) is 14.5. The molecule has 1 rings (SSSR count). The molecule has 0 aliphatic rings. The monoisotopic (exact) mass is 394 g/mol. The topological polar surface area (TPSA) is 164 Å². The second-order valence-electron chi connectivity index (χ2n) is 4.33. The van der Waals surface area contributed by atoms with E-state index < -0.39 is 15.9 Å². The molecule has 14 heteroatoms. The first-order valence-electron chi connectivity index (χ1n) is 6.83. The third-order valence-corrected chi connectivity index (χ3v) is 3.27. The molecule has 0 atom stereocenters. The average Bonchev–Trinajstić information content (AvgIpc) is 2.46. The smallest absolute Gasteiger partial charge is 0.748 e. The van der Waals surface area contributed by atoms with E-state index >= 15 is 0 Å². The van der Waals surface area contributed by atoms with Crippen LogP contribution < -0.4 is 74.6 Å². The van der Waals surface area contributed by atoms with Gasteiger partial charge in [0.15, 0.2) is 0 Å². The van der Waals surface area contributed by atoms with Crippen LogP contribution in [-0.4, -0.2) is 83.3 Å². The Morgan fingerprint density at radius 1 is 1.04 bits per heavy atom. The molecule has 0 spiro atoms. The minimum Gasteiger partial charge on any atom is -0.748 e. The van der Waals surface area contributed by atoms with Gasteiger partial charge in [-0.2, -0.15) is 15.0 Å². The predicted molar refractivity (Wildman–Crippen MR) is 83.1 cm³/mol. The van der Waals surface area contributed by atoms with Gasteiger partial charge in [0.1, 0.15) is 0 Å². The van der Waals surface area contributed by atoms with Crippen molar-refractivity contribution in [2.24, 2.45) is 0 Å². The number of aliphatic hydroxyl groups is 2. The number of rotatable bonds is 11. The zero-order valence-corrected chi connectivity index (χ0v) is 19.3. The summed E-state index contributed by atoms with van der Waals surface area (Å²) in [5, 5.41) is 23.5. The molecule has 0 fully saturated rings. The average molecular weight is 394 g/mol. The molecule has 1 heterocycles. The van der Waals surface area contributed by atoms with Gasteiger partial charge in [-0.3, -0.25) is 0 Å². The van der Waals surface area contributed by atoms with Crippen LogP contribution in [0, 0.1) is 6.92 Å². The van der Waals surface area contributed by atoms with Crippen LogP contribution in [0.25, 0.3) is 0 Å². The van der Waals surface area contributed by atoms with Gasteiger partial charge < -0.3 is 37.2 Å². The van der Waals surface area contributed by atoms with E-state index in [4.69, 9.17) is 10.2 Å². The first kappa shape index (κ1) is 27.5. The van der Waals surface area contributed by atoms with Crippen molar-refractivity contribution in [3.63, 3.8) is 0 Å². The van der Waals surface area contributed by atoms with E-state index in [0.29, 0.717) is 6.54 Å². The maximum Gasteiger partial charge on any atom is 1.00 e. The van der Waals surface area contributed by atoms with Gasteiger partial charge in [-0.15, -0.1) is 6.54 Å². The van der Waals surface area contributed by atoms with Crippen LogP contribution in [0.15, 0.2) is 0 Å². The van der Waals surface area contributed by atoms with Crippen LogP contribution in [0.5, 0.6) is 0 Å².